The van der Waals surface area contributed by atoms with Gasteiger partial charge in [0, 0.05) is 30.9 Å². The molecule has 0 aliphatic carbocycles. The Morgan fingerprint density at radius 2 is 1.81 bits per heavy atom. The number of nitrogens with zero attached hydrogens (tertiary/aromatic N) is 2. The van der Waals surface area contributed by atoms with Crippen molar-refractivity contribution < 1.29 is 18.0 Å². The number of carbonyl (C=O) groups excluding carboxylic acids is 2. The van der Waals surface area contributed by atoms with Crippen molar-refractivity contribution in [3.05, 3.63) is 53.6 Å². The molecule has 0 bridgehead atoms. The Labute approximate surface area is 182 Å². The van der Waals surface area contributed by atoms with Gasteiger partial charge in [-0.2, -0.15) is 4.31 Å². The molecule has 7 nitrogen and oxygen atoms in total. The molecule has 0 aromatic heterocycles. The molecule has 3 aliphatic heterocycles. The second-order valence-corrected chi connectivity index (χ2v) is 10.3. The average molecular weight is 440 g/mol. The predicted octanol–water partition coefficient (Wildman–Crippen LogP) is 2.70. The van der Waals surface area contributed by atoms with E-state index in [0.717, 1.165) is 23.2 Å². The van der Waals surface area contributed by atoms with E-state index < -0.39 is 16.1 Å². The van der Waals surface area contributed by atoms with E-state index in [4.69, 9.17) is 0 Å². The van der Waals surface area contributed by atoms with Crippen LogP contribution in [0.15, 0.2) is 47.4 Å². The molecule has 1 N–H and O–H groups in total. The van der Waals surface area contributed by atoms with Gasteiger partial charge in [0.05, 0.1) is 4.90 Å². The second kappa shape index (κ2) is 7.76. The molecule has 1 atom stereocenters. The van der Waals surface area contributed by atoms with Crippen molar-refractivity contribution >= 4 is 33.2 Å². The Hall–Kier alpha value is -2.71. The van der Waals surface area contributed by atoms with Gasteiger partial charge in [-0.25, -0.2) is 8.42 Å². The molecule has 2 amide bonds. The molecule has 1 unspecified atom stereocenters. The first kappa shape index (κ1) is 20.2. The van der Waals surface area contributed by atoms with E-state index >= 15 is 0 Å². The lowest BCUT2D eigenvalue weighted by Gasteiger charge is -2.28. The number of nitrogens with one attached hydrogen (secondary N) is 1. The zero-order valence-electron chi connectivity index (χ0n) is 17.2. The minimum absolute atomic E-state index is 0.0505. The van der Waals surface area contributed by atoms with Crippen molar-refractivity contribution in [1.29, 1.82) is 0 Å². The molecule has 2 aromatic rings. The molecule has 1 saturated heterocycles. The Morgan fingerprint density at radius 3 is 2.68 bits per heavy atom. The number of sulfonamides is 1. The van der Waals surface area contributed by atoms with Gasteiger partial charge in [0.25, 0.3) is 0 Å². The fourth-order valence-corrected chi connectivity index (χ4v) is 6.57. The summed E-state index contributed by atoms with van der Waals surface area (Å²) in [7, 11) is -3.83. The Kier molecular flexibility index (Phi) is 5.06. The highest BCUT2D eigenvalue weighted by molar-refractivity contribution is 7.89. The standard InChI is InChI=1S/C23H25N3O4S/c27-22-9-3-6-17-15-18(10-11-19(17)24-22)31(29,30)26-13-4-8-21(26)23(28)25-14-12-16-5-1-2-7-20(16)25/h1-2,5,7,10-11,15,21H,3-4,6,8-9,12-14H2,(H,24,27). The minimum Gasteiger partial charge on any atom is -0.326 e. The zero-order chi connectivity index (χ0) is 21.6. The molecule has 5 rings (SSSR count). The first-order valence-electron chi connectivity index (χ1n) is 10.8. The topological polar surface area (TPSA) is 86.8 Å². The highest BCUT2D eigenvalue weighted by Crippen LogP contribution is 2.34. The summed E-state index contributed by atoms with van der Waals surface area (Å²) in [6, 6.07) is 12.0. The molecule has 0 spiro atoms. The molecule has 162 valence electrons. The van der Waals surface area contributed by atoms with Crippen molar-refractivity contribution in [2.45, 2.75) is 49.5 Å². The van der Waals surface area contributed by atoms with E-state index in [9.17, 15) is 18.0 Å². The summed E-state index contributed by atoms with van der Waals surface area (Å²) >= 11 is 0. The summed E-state index contributed by atoms with van der Waals surface area (Å²) < 4.78 is 28.4. The third-order valence-electron chi connectivity index (χ3n) is 6.45. The average Bonchev–Trinajstić information content (AvgIpc) is 3.38. The fraction of sp³-hybridized carbons (Fsp3) is 0.391. The normalized spacial score (nSPS) is 21.4. The van der Waals surface area contributed by atoms with Gasteiger partial charge in [0.2, 0.25) is 21.8 Å². The first-order chi connectivity index (χ1) is 14.9. The lowest BCUT2D eigenvalue weighted by atomic mass is 10.1. The number of amides is 2. The SMILES string of the molecule is O=C1CCCc2cc(S(=O)(=O)N3CCCC3C(=O)N3CCc4ccccc43)ccc2N1. The van der Waals surface area contributed by atoms with E-state index in [-0.39, 0.29) is 16.7 Å². The molecule has 2 aromatic carbocycles. The monoisotopic (exact) mass is 439 g/mol. The number of para-hydroxylation sites is 1. The summed E-state index contributed by atoms with van der Waals surface area (Å²) in [5.74, 6) is -0.196. The smallest absolute Gasteiger partial charge is 0.245 e. The van der Waals surface area contributed by atoms with Gasteiger partial charge in [0.15, 0.2) is 0 Å². The van der Waals surface area contributed by atoms with Crippen LogP contribution in [0.4, 0.5) is 11.4 Å². The third-order valence-corrected chi connectivity index (χ3v) is 8.35. The molecule has 1 fully saturated rings. The number of aryl methyl sites for hydroxylation is 1. The van der Waals surface area contributed by atoms with Gasteiger partial charge < -0.3 is 10.2 Å². The van der Waals surface area contributed by atoms with Crippen LogP contribution < -0.4 is 10.2 Å². The van der Waals surface area contributed by atoms with E-state index in [1.54, 1.807) is 17.0 Å². The number of benzene rings is 2. The Balaban J connectivity index is 1.43. The maximum atomic E-state index is 13.5. The molecule has 3 aliphatic rings. The van der Waals surface area contributed by atoms with Gasteiger partial charge >= 0.3 is 0 Å². The van der Waals surface area contributed by atoms with Crippen molar-refractivity contribution in [3.8, 4) is 0 Å². The molecular formula is C23H25N3O4S. The van der Waals surface area contributed by atoms with Crippen LogP contribution in [-0.4, -0.2) is 43.7 Å². The van der Waals surface area contributed by atoms with Gasteiger partial charge in [-0.15, -0.1) is 0 Å². The van der Waals surface area contributed by atoms with Crippen LogP contribution in [-0.2, 0) is 32.5 Å². The van der Waals surface area contributed by atoms with Crippen molar-refractivity contribution in [3.63, 3.8) is 0 Å². The summed E-state index contributed by atoms with van der Waals surface area (Å²) in [6.07, 6.45) is 3.73. The van der Waals surface area contributed by atoms with Crippen LogP contribution >= 0.6 is 0 Å². The van der Waals surface area contributed by atoms with Crippen molar-refractivity contribution in [2.75, 3.05) is 23.3 Å². The molecule has 0 radical (unpaired) electrons. The summed E-state index contributed by atoms with van der Waals surface area (Å²) in [6.45, 7) is 0.920. The largest absolute Gasteiger partial charge is 0.326 e. The number of hydrogen-bond donors (Lipinski definition) is 1. The summed E-state index contributed by atoms with van der Waals surface area (Å²) in [5.41, 5.74) is 3.50. The summed E-state index contributed by atoms with van der Waals surface area (Å²) in [5, 5.41) is 2.84. The van der Waals surface area contributed by atoms with Crippen LogP contribution in [0.25, 0.3) is 0 Å². The van der Waals surface area contributed by atoms with E-state index in [0.29, 0.717) is 50.9 Å². The van der Waals surface area contributed by atoms with E-state index in [1.807, 2.05) is 24.3 Å². The number of rotatable bonds is 3. The maximum Gasteiger partial charge on any atom is 0.245 e. The molecular weight excluding hydrogens is 414 g/mol. The highest BCUT2D eigenvalue weighted by atomic mass is 32.2. The molecule has 8 heteroatoms. The van der Waals surface area contributed by atoms with Crippen LogP contribution in [0, 0.1) is 0 Å². The van der Waals surface area contributed by atoms with Gasteiger partial charge in [-0.3, -0.25) is 9.59 Å². The molecule has 31 heavy (non-hydrogen) atoms. The van der Waals surface area contributed by atoms with Crippen LogP contribution in [0.3, 0.4) is 0 Å². The number of fused-ring (bicyclic) bond motifs is 2. The zero-order valence-corrected chi connectivity index (χ0v) is 18.0. The quantitative estimate of drug-likeness (QED) is 0.797. The van der Waals surface area contributed by atoms with Crippen molar-refractivity contribution in [2.24, 2.45) is 0 Å². The van der Waals surface area contributed by atoms with Crippen molar-refractivity contribution in [1.82, 2.24) is 4.31 Å². The molecule has 0 saturated carbocycles. The van der Waals surface area contributed by atoms with Gasteiger partial charge in [-0.1, -0.05) is 18.2 Å². The second-order valence-electron chi connectivity index (χ2n) is 8.36. The Morgan fingerprint density at radius 1 is 0.968 bits per heavy atom. The highest BCUT2D eigenvalue weighted by Gasteiger charge is 2.42. The minimum atomic E-state index is -3.83. The number of anilines is 2. The molecule has 3 heterocycles. The maximum absolute atomic E-state index is 13.5. The van der Waals surface area contributed by atoms with Crippen LogP contribution in [0.5, 0.6) is 0 Å². The van der Waals surface area contributed by atoms with Crippen LogP contribution in [0.1, 0.15) is 36.8 Å². The number of carbonyl (C=O) groups is 2. The van der Waals surface area contributed by atoms with Crippen LogP contribution in [0.2, 0.25) is 0 Å². The first-order valence-corrected chi connectivity index (χ1v) is 12.2. The van der Waals surface area contributed by atoms with E-state index in [2.05, 4.69) is 5.32 Å². The van der Waals surface area contributed by atoms with E-state index in [1.165, 1.54) is 10.4 Å². The fourth-order valence-electron chi connectivity index (χ4n) is 4.87. The Bertz CT molecular complexity index is 1160. The van der Waals surface area contributed by atoms with Gasteiger partial charge in [0.1, 0.15) is 6.04 Å². The lowest BCUT2D eigenvalue weighted by molar-refractivity contribution is -0.121. The van der Waals surface area contributed by atoms with Gasteiger partial charge in [-0.05, 0) is 67.5 Å². The summed E-state index contributed by atoms with van der Waals surface area (Å²) in [4.78, 5) is 27.1. The lowest BCUT2D eigenvalue weighted by Crippen LogP contribution is -2.47. The predicted molar refractivity (Wildman–Crippen MR) is 117 cm³/mol. The third kappa shape index (κ3) is 3.53. The number of hydrogen-bond acceptors (Lipinski definition) is 4.